The van der Waals surface area contributed by atoms with Crippen LogP contribution in [0.1, 0.15) is 16.7 Å². The van der Waals surface area contributed by atoms with Crippen LogP contribution in [0.15, 0.2) is 71.9 Å². The van der Waals surface area contributed by atoms with Crippen molar-refractivity contribution < 1.29 is 18.3 Å². The Balaban J connectivity index is 1.61. The highest BCUT2D eigenvalue weighted by molar-refractivity contribution is 7.90. The van der Waals surface area contributed by atoms with Gasteiger partial charge < -0.3 is 9.84 Å². The number of hydrogen-bond acceptors (Lipinski definition) is 7. The standard InChI is InChI=1S/C28H26N4O4S/c1-20-4-7-24(8-5-20)37(34,35)32-19-26(22-6-9-27(33)23(16-22)17-29)25-15-21(18-30-28(25)32)3-2-10-31-11-13-36-14-12-31/h2-9,15-16,18-19,33H,10-14H2,1H3/b3-2+. The van der Waals surface area contributed by atoms with Crippen molar-refractivity contribution >= 4 is 27.1 Å². The number of morpholine rings is 1. The number of fused-ring (bicyclic) bond motifs is 1. The van der Waals surface area contributed by atoms with E-state index in [1.807, 2.05) is 25.1 Å². The largest absolute Gasteiger partial charge is 0.507 e. The molecule has 3 heterocycles. The molecule has 188 valence electrons. The van der Waals surface area contributed by atoms with E-state index in [1.165, 1.54) is 16.2 Å². The van der Waals surface area contributed by atoms with Gasteiger partial charge in [0.1, 0.15) is 11.8 Å². The average Bonchev–Trinajstić information content (AvgIpc) is 3.30. The summed E-state index contributed by atoms with van der Waals surface area (Å²) in [6, 6.07) is 15.2. The van der Waals surface area contributed by atoms with Crippen LogP contribution in [0.5, 0.6) is 5.75 Å². The molecule has 2 aromatic carbocycles. The Bertz CT molecular complexity index is 1630. The maximum absolute atomic E-state index is 13.6. The molecular formula is C28H26N4O4S. The number of nitrogens with zero attached hydrogens (tertiary/aromatic N) is 4. The minimum absolute atomic E-state index is 0.106. The third-order valence-electron chi connectivity index (χ3n) is 6.42. The lowest BCUT2D eigenvalue weighted by atomic mass is 10.0. The third kappa shape index (κ3) is 5.00. The van der Waals surface area contributed by atoms with Gasteiger partial charge in [-0.2, -0.15) is 5.26 Å². The maximum atomic E-state index is 13.6. The van der Waals surface area contributed by atoms with E-state index in [0.717, 1.165) is 44.0 Å². The molecule has 2 aromatic heterocycles. The summed E-state index contributed by atoms with van der Waals surface area (Å²) in [6.45, 7) is 5.89. The molecule has 37 heavy (non-hydrogen) atoms. The predicted molar refractivity (Wildman–Crippen MR) is 142 cm³/mol. The van der Waals surface area contributed by atoms with Crippen LogP contribution in [0.4, 0.5) is 0 Å². The number of phenolic OH excluding ortho intramolecular Hbond substituents is 1. The number of benzene rings is 2. The van der Waals surface area contributed by atoms with Crippen LogP contribution in [0.3, 0.4) is 0 Å². The smallest absolute Gasteiger partial charge is 0.269 e. The van der Waals surface area contributed by atoms with Crippen LogP contribution in [0.25, 0.3) is 28.2 Å². The van der Waals surface area contributed by atoms with Crippen molar-refractivity contribution in [3.05, 3.63) is 83.7 Å². The van der Waals surface area contributed by atoms with E-state index in [0.29, 0.717) is 16.5 Å². The van der Waals surface area contributed by atoms with Crippen LogP contribution < -0.4 is 0 Å². The molecule has 9 heteroatoms. The zero-order chi connectivity index (χ0) is 26.0. The van der Waals surface area contributed by atoms with Crippen molar-refractivity contribution in [2.45, 2.75) is 11.8 Å². The topological polar surface area (TPSA) is 108 Å². The van der Waals surface area contributed by atoms with Crippen LogP contribution in [-0.2, 0) is 14.8 Å². The quantitative estimate of drug-likeness (QED) is 0.411. The SMILES string of the molecule is Cc1ccc(S(=O)(=O)n2cc(-c3ccc(O)c(C#N)c3)c3cc(/C=C/CN4CCOCC4)cnc32)cc1. The monoisotopic (exact) mass is 514 g/mol. The van der Waals surface area contributed by atoms with Crippen molar-refractivity contribution in [3.8, 4) is 22.9 Å². The molecule has 0 saturated carbocycles. The molecule has 1 aliphatic rings. The molecule has 4 aromatic rings. The molecule has 5 rings (SSSR count). The van der Waals surface area contributed by atoms with E-state index in [9.17, 15) is 18.8 Å². The zero-order valence-electron chi connectivity index (χ0n) is 20.3. The summed E-state index contributed by atoms with van der Waals surface area (Å²) in [5.41, 5.74) is 3.37. The van der Waals surface area contributed by atoms with Gasteiger partial charge in [-0.3, -0.25) is 4.90 Å². The minimum Gasteiger partial charge on any atom is -0.507 e. The molecular weight excluding hydrogens is 488 g/mol. The highest BCUT2D eigenvalue weighted by atomic mass is 32.2. The molecule has 1 N–H and O–H groups in total. The second-order valence-electron chi connectivity index (χ2n) is 8.96. The summed E-state index contributed by atoms with van der Waals surface area (Å²) in [5.74, 6) is -0.132. The van der Waals surface area contributed by atoms with Crippen LogP contribution >= 0.6 is 0 Å². The minimum atomic E-state index is -3.93. The second kappa shape index (κ2) is 10.2. The fraction of sp³-hybridized carbons (Fsp3) is 0.214. The maximum Gasteiger partial charge on any atom is 0.269 e. The number of aromatic nitrogens is 2. The number of phenols is 1. The normalized spacial score (nSPS) is 14.8. The Kier molecular flexibility index (Phi) is 6.80. The number of aryl methyl sites for hydroxylation is 1. The summed E-state index contributed by atoms with van der Waals surface area (Å²) >= 11 is 0. The summed E-state index contributed by atoms with van der Waals surface area (Å²) in [6.07, 6.45) is 7.21. The van der Waals surface area contributed by atoms with Gasteiger partial charge in [-0.15, -0.1) is 0 Å². The first-order chi connectivity index (χ1) is 17.9. The number of ether oxygens (including phenoxy) is 1. The molecule has 0 unspecified atom stereocenters. The molecule has 0 aliphatic carbocycles. The molecule has 1 saturated heterocycles. The number of pyridine rings is 1. The lowest BCUT2D eigenvalue weighted by Crippen LogP contribution is -2.36. The molecule has 0 atom stereocenters. The predicted octanol–water partition coefficient (Wildman–Crippen LogP) is 4.17. The van der Waals surface area contributed by atoms with Crippen LogP contribution in [0.2, 0.25) is 0 Å². The fourth-order valence-corrected chi connectivity index (χ4v) is 5.66. The molecule has 0 amide bonds. The van der Waals surface area contributed by atoms with Gasteiger partial charge in [-0.25, -0.2) is 17.4 Å². The Morgan fingerprint density at radius 3 is 2.62 bits per heavy atom. The van der Waals surface area contributed by atoms with Gasteiger partial charge in [0.2, 0.25) is 0 Å². The van der Waals surface area contributed by atoms with Crippen molar-refractivity contribution in [2.75, 3.05) is 32.8 Å². The van der Waals surface area contributed by atoms with Gasteiger partial charge in [-0.1, -0.05) is 35.9 Å². The number of hydrogen-bond donors (Lipinski definition) is 1. The van der Waals surface area contributed by atoms with E-state index < -0.39 is 10.0 Å². The van der Waals surface area contributed by atoms with Gasteiger partial charge >= 0.3 is 0 Å². The Hall–Kier alpha value is -3.97. The van der Waals surface area contributed by atoms with E-state index in [-0.39, 0.29) is 21.9 Å². The lowest BCUT2D eigenvalue weighted by Gasteiger charge is -2.25. The van der Waals surface area contributed by atoms with Gasteiger partial charge in [-0.05, 0) is 48.4 Å². The number of aromatic hydroxyl groups is 1. The highest BCUT2D eigenvalue weighted by Crippen LogP contribution is 2.34. The molecule has 0 bridgehead atoms. The average molecular weight is 515 g/mol. The van der Waals surface area contributed by atoms with E-state index in [1.54, 1.807) is 42.6 Å². The number of rotatable bonds is 6. The Morgan fingerprint density at radius 1 is 1.14 bits per heavy atom. The Labute approximate surface area is 215 Å². The van der Waals surface area contributed by atoms with Gasteiger partial charge in [0.25, 0.3) is 10.0 Å². The van der Waals surface area contributed by atoms with Crippen molar-refractivity contribution in [2.24, 2.45) is 0 Å². The van der Waals surface area contributed by atoms with Gasteiger partial charge in [0.15, 0.2) is 5.65 Å². The summed E-state index contributed by atoms with van der Waals surface area (Å²) in [4.78, 5) is 6.99. The van der Waals surface area contributed by atoms with Gasteiger partial charge in [0, 0.05) is 43.0 Å². The van der Waals surface area contributed by atoms with Gasteiger partial charge in [0.05, 0.1) is 23.7 Å². The van der Waals surface area contributed by atoms with Crippen LogP contribution in [-0.4, -0.2) is 60.2 Å². The first-order valence-electron chi connectivity index (χ1n) is 11.9. The van der Waals surface area contributed by atoms with E-state index >= 15 is 0 Å². The highest BCUT2D eigenvalue weighted by Gasteiger charge is 2.23. The van der Waals surface area contributed by atoms with Crippen molar-refractivity contribution in [1.82, 2.24) is 13.9 Å². The third-order valence-corrected chi connectivity index (χ3v) is 8.08. The molecule has 0 radical (unpaired) electrons. The molecule has 0 spiro atoms. The summed E-state index contributed by atoms with van der Waals surface area (Å²) < 4.78 is 33.8. The first-order valence-corrected chi connectivity index (χ1v) is 13.3. The van der Waals surface area contributed by atoms with E-state index in [2.05, 4.69) is 16.0 Å². The molecule has 8 nitrogen and oxygen atoms in total. The van der Waals surface area contributed by atoms with Crippen LogP contribution in [0, 0.1) is 18.3 Å². The van der Waals surface area contributed by atoms with Crippen molar-refractivity contribution in [3.63, 3.8) is 0 Å². The van der Waals surface area contributed by atoms with Crippen molar-refractivity contribution in [1.29, 1.82) is 5.26 Å². The fourth-order valence-electron chi connectivity index (χ4n) is 4.34. The molecule has 1 fully saturated rings. The summed E-state index contributed by atoms with van der Waals surface area (Å²) in [5, 5.41) is 20.0. The zero-order valence-corrected chi connectivity index (χ0v) is 21.1. The van der Waals surface area contributed by atoms with E-state index in [4.69, 9.17) is 4.74 Å². The number of nitriles is 1. The molecule has 1 aliphatic heterocycles. The lowest BCUT2D eigenvalue weighted by molar-refractivity contribution is 0.0435. The first kappa shape index (κ1) is 24.7. The second-order valence-corrected chi connectivity index (χ2v) is 10.8. The summed E-state index contributed by atoms with van der Waals surface area (Å²) in [7, 11) is -3.93. The Morgan fingerprint density at radius 2 is 1.89 bits per heavy atom.